The number of unbranched alkanes of at least 4 members (excludes halogenated alkanes) is 1. The maximum atomic E-state index is 12.2. The number of carbonyl (C=O) groups excluding carboxylic acids is 4. The molecule has 13 heteroatoms. The standard InChI is InChI=1S/C24H35N5O8/c25-16-12-10-15(11-13-16)23(35)27-14-2-1-5-17(22(26)34)28-19(30)7-3-6-18(24(36)37)29-20(31)8-4-9-21(32)33/h10-13,17-18H,1-9,14,25H2,(H2,26,34)(H,27,35)(H,28,30)(H,29,31)(H,32,33)(H,36,37). The first-order valence-corrected chi connectivity index (χ1v) is 12.0. The van der Waals surface area contributed by atoms with Crippen LogP contribution in [-0.2, 0) is 24.0 Å². The minimum atomic E-state index is -1.27. The van der Waals surface area contributed by atoms with Gasteiger partial charge in [-0.3, -0.25) is 24.0 Å². The van der Waals surface area contributed by atoms with Crippen molar-refractivity contribution >= 4 is 41.3 Å². The van der Waals surface area contributed by atoms with E-state index in [0.29, 0.717) is 30.6 Å². The van der Waals surface area contributed by atoms with Crippen molar-refractivity contribution < 1.29 is 39.0 Å². The van der Waals surface area contributed by atoms with Gasteiger partial charge >= 0.3 is 11.9 Å². The monoisotopic (exact) mass is 521 g/mol. The van der Waals surface area contributed by atoms with Crippen molar-refractivity contribution in [2.45, 2.75) is 69.9 Å². The second-order valence-corrected chi connectivity index (χ2v) is 8.49. The Morgan fingerprint density at radius 1 is 0.757 bits per heavy atom. The molecule has 0 aliphatic carbocycles. The Morgan fingerprint density at radius 3 is 1.89 bits per heavy atom. The number of amides is 4. The summed E-state index contributed by atoms with van der Waals surface area (Å²) in [6.07, 6.45) is 1.09. The molecule has 0 aromatic heterocycles. The summed E-state index contributed by atoms with van der Waals surface area (Å²) in [5.74, 6) is -4.37. The summed E-state index contributed by atoms with van der Waals surface area (Å²) < 4.78 is 0. The summed E-state index contributed by atoms with van der Waals surface area (Å²) >= 11 is 0. The first kappa shape index (κ1) is 30.9. The molecule has 2 atom stereocenters. The highest BCUT2D eigenvalue weighted by atomic mass is 16.4. The highest BCUT2D eigenvalue weighted by Crippen LogP contribution is 2.07. The van der Waals surface area contributed by atoms with Gasteiger partial charge in [-0.05, 0) is 62.8 Å². The molecule has 0 bridgehead atoms. The van der Waals surface area contributed by atoms with Gasteiger partial charge < -0.3 is 37.6 Å². The predicted molar refractivity (Wildman–Crippen MR) is 133 cm³/mol. The number of nitrogens with one attached hydrogen (secondary N) is 3. The Labute approximate surface area is 214 Å². The highest BCUT2D eigenvalue weighted by molar-refractivity contribution is 5.94. The molecule has 2 unspecified atom stereocenters. The molecule has 0 fully saturated rings. The number of primary amides is 1. The number of aliphatic carboxylic acids is 2. The number of anilines is 1. The molecule has 0 heterocycles. The number of rotatable bonds is 18. The van der Waals surface area contributed by atoms with Crippen molar-refractivity contribution in [3.05, 3.63) is 29.8 Å². The topological polar surface area (TPSA) is 231 Å². The summed E-state index contributed by atoms with van der Waals surface area (Å²) in [6, 6.07) is 4.33. The van der Waals surface area contributed by atoms with E-state index in [9.17, 15) is 33.9 Å². The van der Waals surface area contributed by atoms with Crippen molar-refractivity contribution in [2.24, 2.45) is 5.73 Å². The highest BCUT2D eigenvalue weighted by Gasteiger charge is 2.21. The Hall–Kier alpha value is -4.16. The third-order valence-corrected chi connectivity index (χ3v) is 5.38. The molecule has 0 spiro atoms. The molecule has 9 N–H and O–H groups in total. The van der Waals surface area contributed by atoms with Crippen LogP contribution in [0.2, 0.25) is 0 Å². The summed E-state index contributed by atoms with van der Waals surface area (Å²) in [7, 11) is 0. The van der Waals surface area contributed by atoms with Crippen molar-refractivity contribution in [2.75, 3.05) is 12.3 Å². The van der Waals surface area contributed by atoms with Crippen LogP contribution >= 0.6 is 0 Å². The van der Waals surface area contributed by atoms with Gasteiger partial charge in [0.1, 0.15) is 12.1 Å². The molecule has 1 rings (SSSR count). The van der Waals surface area contributed by atoms with Crippen LogP contribution in [0.15, 0.2) is 24.3 Å². The lowest BCUT2D eigenvalue weighted by atomic mass is 10.1. The fraction of sp³-hybridized carbons (Fsp3) is 0.500. The predicted octanol–water partition coefficient (Wildman–Crippen LogP) is 0.134. The van der Waals surface area contributed by atoms with Crippen LogP contribution in [-0.4, -0.2) is 64.4 Å². The van der Waals surface area contributed by atoms with Crippen LogP contribution in [0, 0.1) is 0 Å². The second kappa shape index (κ2) is 16.5. The molecule has 0 aliphatic heterocycles. The smallest absolute Gasteiger partial charge is 0.326 e. The Bertz CT molecular complexity index is 951. The number of carboxylic acid groups (broad SMARTS) is 2. The number of benzene rings is 1. The first-order chi connectivity index (χ1) is 17.5. The van der Waals surface area contributed by atoms with E-state index in [0.717, 1.165) is 0 Å². The van der Waals surface area contributed by atoms with Gasteiger partial charge in [0.15, 0.2) is 0 Å². The molecule has 204 valence electrons. The minimum Gasteiger partial charge on any atom is -0.481 e. The van der Waals surface area contributed by atoms with Gasteiger partial charge in [0.2, 0.25) is 17.7 Å². The lowest BCUT2D eigenvalue weighted by molar-refractivity contribution is -0.142. The van der Waals surface area contributed by atoms with Crippen LogP contribution in [0.25, 0.3) is 0 Å². The van der Waals surface area contributed by atoms with Gasteiger partial charge in [-0.2, -0.15) is 0 Å². The number of hydrogen-bond donors (Lipinski definition) is 7. The summed E-state index contributed by atoms with van der Waals surface area (Å²) in [5.41, 5.74) is 12.0. The number of nitrogens with two attached hydrogens (primary N) is 2. The van der Waals surface area contributed by atoms with Gasteiger partial charge in [0.25, 0.3) is 5.91 Å². The van der Waals surface area contributed by atoms with E-state index in [1.54, 1.807) is 24.3 Å². The molecule has 37 heavy (non-hydrogen) atoms. The van der Waals surface area contributed by atoms with Crippen LogP contribution in [0.5, 0.6) is 0 Å². The molecule has 1 aromatic rings. The van der Waals surface area contributed by atoms with E-state index in [4.69, 9.17) is 16.6 Å². The quantitative estimate of drug-likeness (QED) is 0.103. The SMILES string of the molecule is NC(=O)C(CCCCNC(=O)c1ccc(N)cc1)NC(=O)CCCC(NC(=O)CCCC(=O)O)C(=O)O. The van der Waals surface area contributed by atoms with E-state index < -0.39 is 41.7 Å². The fourth-order valence-corrected chi connectivity index (χ4v) is 3.35. The van der Waals surface area contributed by atoms with Crippen LogP contribution < -0.4 is 27.4 Å². The molecule has 0 radical (unpaired) electrons. The van der Waals surface area contributed by atoms with Crippen molar-refractivity contribution in [3.63, 3.8) is 0 Å². The average Bonchev–Trinajstić information content (AvgIpc) is 2.82. The number of nitrogen functional groups attached to an aromatic ring is 1. The summed E-state index contributed by atoms with van der Waals surface area (Å²) in [4.78, 5) is 69.6. The lowest BCUT2D eigenvalue weighted by Crippen LogP contribution is -2.44. The van der Waals surface area contributed by atoms with Crippen molar-refractivity contribution in [3.8, 4) is 0 Å². The Balaban J connectivity index is 2.34. The van der Waals surface area contributed by atoms with Gasteiger partial charge in [-0.1, -0.05) is 0 Å². The molecule has 1 aromatic carbocycles. The lowest BCUT2D eigenvalue weighted by Gasteiger charge is -2.17. The minimum absolute atomic E-state index is 0.0254. The maximum absolute atomic E-state index is 12.2. The van der Waals surface area contributed by atoms with Gasteiger partial charge in [0.05, 0.1) is 0 Å². The third kappa shape index (κ3) is 13.5. The first-order valence-electron chi connectivity index (χ1n) is 12.0. The molecule has 0 aliphatic rings. The zero-order chi connectivity index (χ0) is 27.8. The van der Waals surface area contributed by atoms with Crippen LogP contribution in [0.1, 0.15) is 68.1 Å². The largest absolute Gasteiger partial charge is 0.481 e. The molecule has 13 nitrogen and oxygen atoms in total. The third-order valence-electron chi connectivity index (χ3n) is 5.38. The van der Waals surface area contributed by atoms with Gasteiger partial charge in [-0.15, -0.1) is 0 Å². The number of carbonyl (C=O) groups is 6. The summed E-state index contributed by atoms with van der Waals surface area (Å²) in [5, 5.41) is 25.4. The van der Waals surface area contributed by atoms with E-state index in [1.165, 1.54) is 0 Å². The van der Waals surface area contributed by atoms with Gasteiger partial charge in [0, 0.05) is 37.1 Å². The fourth-order valence-electron chi connectivity index (χ4n) is 3.35. The van der Waals surface area contributed by atoms with E-state index in [-0.39, 0.29) is 50.9 Å². The number of carboxylic acids is 2. The zero-order valence-electron chi connectivity index (χ0n) is 20.5. The second-order valence-electron chi connectivity index (χ2n) is 8.49. The maximum Gasteiger partial charge on any atom is 0.326 e. The van der Waals surface area contributed by atoms with Gasteiger partial charge in [-0.25, -0.2) is 4.79 Å². The average molecular weight is 522 g/mol. The van der Waals surface area contributed by atoms with Crippen molar-refractivity contribution in [1.29, 1.82) is 0 Å². The zero-order valence-corrected chi connectivity index (χ0v) is 20.5. The molecule has 0 saturated carbocycles. The molecular weight excluding hydrogens is 486 g/mol. The van der Waals surface area contributed by atoms with Crippen LogP contribution in [0.4, 0.5) is 5.69 Å². The van der Waals surface area contributed by atoms with Crippen LogP contribution in [0.3, 0.4) is 0 Å². The van der Waals surface area contributed by atoms with Crippen molar-refractivity contribution in [1.82, 2.24) is 16.0 Å². The Morgan fingerprint density at radius 2 is 1.32 bits per heavy atom. The Kier molecular flexibility index (Phi) is 13.8. The number of hydrogen-bond acceptors (Lipinski definition) is 7. The van der Waals surface area contributed by atoms with E-state index >= 15 is 0 Å². The molecular formula is C24H35N5O8. The van der Waals surface area contributed by atoms with E-state index in [1.807, 2.05) is 0 Å². The molecule has 4 amide bonds. The molecule has 0 saturated heterocycles. The van der Waals surface area contributed by atoms with E-state index in [2.05, 4.69) is 16.0 Å². The summed E-state index contributed by atoms with van der Waals surface area (Å²) in [6.45, 7) is 0.362. The normalized spacial score (nSPS) is 12.1.